The minimum absolute atomic E-state index is 0.0950. The number of nitro groups is 1. The molecule has 2 aromatic carbocycles. The van der Waals surface area contributed by atoms with Crippen LogP contribution in [-0.4, -0.2) is 40.5 Å². The molecule has 0 bridgehead atoms. The van der Waals surface area contributed by atoms with Gasteiger partial charge in [0.25, 0.3) is 11.6 Å². The molecule has 0 aliphatic heterocycles. The maximum atomic E-state index is 12.2. The summed E-state index contributed by atoms with van der Waals surface area (Å²) in [5.41, 5.74) is 0.131. The van der Waals surface area contributed by atoms with Crippen LogP contribution in [0, 0.1) is 10.1 Å². The number of carbonyl (C=O) groups excluding carboxylic acids is 2. The zero-order valence-electron chi connectivity index (χ0n) is 15.2. The fourth-order valence-corrected chi connectivity index (χ4v) is 3.22. The summed E-state index contributed by atoms with van der Waals surface area (Å²) in [7, 11) is -0.0467. The topological polar surface area (TPSA) is 125 Å². The van der Waals surface area contributed by atoms with Crippen LogP contribution in [0.3, 0.4) is 0 Å². The number of ether oxygens (including phenoxy) is 2. The number of benzene rings is 2. The van der Waals surface area contributed by atoms with Crippen molar-refractivity contribution in [1.29, 1.82) is 0 Å². The van der Waals surface area contributed by atoms with Gasteiger partial charge in [-0.15, -0.1) is 0 Å². The molecule has 0 aromatic heterocycles. The molecule has 0 saturated carbocycles. The summed E-state index contributed by atoms with van der Waals surface area (Å²) in [6, 6.07) is 10.00. The maximum Gasteiger partial charge on any atom is 0.339 e. The standard InChI is InChI=1S/C18H18N2O7S/c1-3-28(25)16-7-5-4-6-13(16)18(22)27-11-17(21)19-14-9-8-12(20(23)24)10-15(14)26-2/h4-10H,3,11H2,1-2H3,(H,19,21)/t28-/m1/s1. The van der Waals surface area contributed by atoms with Gasteiger partial charge in [-0.25, -0.2) is 4.79 Å². The summed E-state index contributed by atoms with van der Waals surface area (Å²) in [6.07, 6.45) is 0. The first kappa shape index (κ1) is 21.0. The van der Waals surface area contributed by atoms with E-state index in [1.54, 1.807) is 25.1 Å². The van der Waals surface area contributed by atoms with Crippen molar-refractivity contribution in [2.75, 3.05) is 24.8 Å². The molecule has 1 N–H and O–H groups in total. The van der Waals surface area contributed by atoms with E-state index >= 15 is 0 Å². The summed E-state index contributed by atoms with van der Waals surface area (Å²) < 4.78 is 22.1. The highest BCUT2D eigenvalue weighted by Crippen LogP contribution is 2.28. The van der Waals surface area contributed by atoms with E-state index in [-0.39, 0.29) is 22.7 Å². The summed E-state index contributed by atoms with van der Waals surface area (Å²) >= 11 is 0. The van der Waals surface area contributed by atoms with Crippen molar-refractivity contribution in [3.8, 4) is 5.75 Å². The molecule has 10 heteroatoms. The Hall–Kier alpha value is -3.27. The van der Waals surface area contributed by atoms with Crippen LogP contribution in [0.5, 0.6) is 5.75 Å². The highest BCUT2D eigenvalue weighted by atomic mass is 32.2. The Morgan fingerprint density at radius 2 is 1.93 bits per heavy atom. The van der Waals surface area contributed by atoms with Gasteiger partial charge in [0.1, 0.15) is 5.75 Å². The molecule has 0 radical (unpaired) electrons. The van der Waals surface area contributed by atoms with Crippen LogP contribution in [0.4, 0.5) is 11.4 Å². The minimum Gasteiger partial charge on any atom is -0.494 e. The predicted molar refractivity (Wildman–Crippen MR) is 102 cm³/mol. The fourth-order valence-electron chi connectivity index (χ4n) is 2.28. The molecule has 0 fully saturated rings. The van der Waals surface area contributed by atoms with Gasteiger partial charge in [-0.05, 0) is 18.2 Å². The molecule has 2 rings (SSSR count). The second kappa shape index (κ2) is 9.60. The van der Waals surface area contributed by atoms with Crippen LogP contribution in [0.2, 0.25) is 0 Å². The van der Waals surface area contributed by atoms with Gasteiger partial charge >= 0.3 is 5.97 Å². The molecule has 0 heterocycles. The number of rotatable bonds is 8. The lowest BCUT2D eigenvalue weighted by molar-refractivity contribution is -0.384. The van der Waals surface area contributed by atoms with Crippen LogP contribution in [-0.2, 0) is 20.3 Å². The van der Waals surface area contributed by atoms with Crippen molar-refractivity contribution in [2.24, 2.45) is 0 Å². The Bertz CT molecular complexity index is 930. The number of nitrogens with zero attached hydrogens (tertiary/aromatic N) is 1. The van der Waals surface area contributed by atoms with E-state index in [1.807, 2.05) is 0 Å². The van der Waals surface area contributed by atoms with Gasteiger partial charge in [0.15, 0.2) is 6.61 Å². The van der Waals surface area contributed by atoms with E-state index in [2.05, 4.69) is 5.32 Å². The number of methoxy groups -OCH3 is 1. The Morgan fingerprint density at radius 1 is 1.21 bits per heavy atom. The number of anilines is 1. The van der Waals surface area contributed by atoms with E-state index in [0.29, 0.717) is 10.6 Å². The van der Waals surface area contributed by atoms with Crippen LogP contribution >= 0.6 is 0 Å². The van der Waals surface area contributed by atoms with Gasteiger partial charge in [-0.2, -0.15) is 0 Å². The molecular formula is C18H18N2O7S. The second-order valence-corrected chi connectivity index (χ2v) is 7.10. The number of hydrogen-bond acceptors (Lipinski definition) is 7. The van der Waals surface area contributed by atoms with Crippen molar-refractivity contribution in [3.05, 3.63) is 58.1 Å². The summed E-state index contributed by atoms with van der Waals surface area (Å²) in [4.78, 5) is 34.9. The number of non-ortho nitro benzene ring substituents is 1. The largest absolute Gasteiger partial charge is 0.494 e. The second-order valence-electron chi connectivity index (χ2n) is 5.40. The van der Waals surface area contributed by atoms with Gasteiger partial charge in [0.05, 0.1) is 45.0 Å². The SMILES string of the molecule is CC[S@@](=O)c1ccccc1C(=O)OCC(=O)Nc1ccc([N+](=O)[O-])cc1OC. The molecule has 1 atom stereocenters. The lowest BCUT2D eigenvalue weighted by Gasteiger charge is -2.11. The van der Waals surface area contributed by atoms with E-state index in [1.165, 1.54) is 25.3 Å². The monoisotopic (exact) mass is 406 g/mol. The zero-order valence-corrected chi connectivity index (χ0v) is 16.0. The molecule has 9 nitrogen and oxygen atoms in total. The molecule has 1 amide bonds. The van der Waals surface area contributed by atoms with Crippen LogP contribution in [0.15, 0.2) is 47.4 Å². The molecule has 2 aromatic rings. The normalized spacial score (nSPS) is 11.4. The molecule has 28 heavy (non-hydrogen) atoms. The number of amides is 1. The molecule has 0 aliphatic carbocycles. The highest BCUT2D eigenvalue weighted by Gasteiger charge is 2.18. The van der Waals surface area contributed by atoms with Crippen molar-refractivity contribution < 1.29 is 28.2 Å². The average Bonchev–Trinajstić information content (AvgIpc) is 2.71. The number of hydrogen-bond donors (Lipinski definition) is 1. The first-order valence-electron chi connectivity index (χ1n) is 8.14. The van der Waals surface area contributed by atoms with Crippen molar-refractivity contribution in [3.63, 3.8) is 0 Å². The third-order valence-corrected chi connectivity index (χ3v) is 4.99. The first-order chi connectivity index (χ1) is 13.4. The lowest BCUT2D eigenvalue weighted by Crippen LogP contribution is -2.22. The van der Waals surface area contributed by atoms with E-state index in [4.69, 9.17) is 9.47 Å². The fraction of sp³-hybridized carbons (Fsp3) is 0.222. The zero-order chi connectivity index (χ0) is 20.7. The maximum absolute atomic E-state index is 12.2. The quantitative estimate of drug-likeness (QED) is 0.406. The minimum atomic E-state index is -1.35. The van der Waals surface area contributed by atoms with E-state index in [0.717, 1.165) is 6.07 Å². The van der Waals surface area contributed by atoms with Crippen molar-refractivity contribution >= 4 is 34.1 Å². The van der Waals surface area contributed by atoms with Gasteiger partial charge in [-0.3, -0.25) is 19.1 Å². The molecule has 0 saturated heterocycles. The average molecular weight is 406 g/mol. The van der Waals surface area contributed by atoms with Crippen molar-refractivity contribution in [1.82, 2.24) is 0 Å². The number of nitrogens with one attached hydrogen (secondary N) is 1. The smallest absolute Gasteiger partial charge is 0.339 e. The number of esters is 1. The van der Waals surface area contributed by atoms with E-state index < -0.39 is 34.2 Å². The number of nitro benzene ring substituents is 1. The summed E-state index contributed by atoms with van der Waals surface area (Å²) in [5, 5.41) is 13.3. The predicted octanol–water partition coefficient (Wildman–Crippen LogP) is 2.53. The Morgan fingerprint density at radius 3 is 2.57 bits per heavy atom. The Labute approximate surface area is 163 Å². The summed E-state index contributed by atoms with van der Waals surface area (Å²) in [6.45, 7) is 1.13. The molecular weight excluding hydrogens is 388 g/mol. The highest BCUT2D eigenvalue weighted by molar-refractivity contribution is 7.85. The molecule has 0 unspecified atom stereocenters. The van der Waals surface area contributed by atoms with Crippen LogP contribution < -0.4 is 10.1 Å². The van der Waals surface area contributed by atoms with Gasteiger partial charge in [0.2, 0.25) is 0 Å². The lowest BCUT2D eigenvalue weighted by atomic mass is 10.2. The molecule has 148 valence electrons. The summed E-state index contributed by atoms with van der Waals surface area (Å²) in [5.74, 6) is -1.000. The third kappa shape index (κ3) is 5.13. The van der Waals surface area contributed by atoms with Crippen LogP contribution in [0.1, 0.15) is 17.3 Å². The Kier molecular flexibility index (Phi) is 7.21. The van der Waals surface area contributed by atoms with Crippen LogP contribution in [0.25, 0.3) is 0 Å². The molecule has 0 aliphatic rings. The van der Waals surface area contributed by atoms with Gasteiger partial charge < -0.3 is 14.8 Å². The Balaban J connectivity index is 2.04. The third-order valence-electron chi connectivity index (χ3n) is 3.62. The molecule has 0 spiro atoms. The van der Waals surface area contributed by atoms with Gasteiger partial charge in [0, 0.05) is 11.8 Å². The van der Waals surface area contributed by atoms with Crippen molar-refractivity contribution in [2.45, 2.75) is 11.8 Å². The number of carbonyl (C=O) groups is 2. The van der Waals surface area contributed by atoms with Gasteiger partial charge in [-0.1, -0.05) is 19.1 Å². The first-order valence-corrected chi connectivity index (χ1v) is 9.46. The van der Waals surface area contributed by atoms with E-state index in [9.17, 15) is 23.9 Å².